The van der Waals surface area contributed by atoms with E-state index in [2.05, 4.69) is 5.32 Å². The highest BCUT2D eigenvalue weighted by Gasteiger charge is 2.41. The van der Waals surface area contributed by atoms with Crippen LogP contribution in [0.5, 0.6) is 0 Å². The van der Waals surface area contributed by atoms with Gasteiger partial charge in [-0.2, -0.15) is 13.2 Å². The minimum absolute atomic E-state index is 0.185. The average molecular weight is 576 g/mol. The lowest BCUT2D eigenvalue weighted by molar-refractivity contribution is -0.385. The summed E-state index contributed by atoms with van der Waals surface area (Å²) < 4.78 is 45.0. The molecule has 4 rings (SSSR count). The Labute approximate surface area is 228 Å². The van der Waals surface area contributed by atoms with Crippen LogP contribution in [-0.2, 0) is 20.5 Å². The molecule has 1 unspecified atom stereocenters. The highest BCUT2D eigenvalue weighted by molar-refractivity contribution is 6.31. The van der Waals surface area contributed by atoms with E-state index in [0.717, 1.165) is 18.2 Å². The molecule has 3 aromatic carbocycles. The van der Waals surface area contributed by atoms with Crippen LogP contribution in [-0.4, -0.2) is 40.1 Å². The molecule has 3 amide bonds. The molecule has 0 fully saturated rings. The number of benzene rings is 3. The Morgan fingerprint density at radius 2 is 1.73 bits per heavy atom. The van der Waals surface area contributed by atoms with E-state index in [1.54, 1.807) is 18.2 Å². The first-order chi connectivity index (χ1) is 18.9. The maximum absolute atomic E-state index is 13.2. The van der Waals surface area contributed by atoms with Gasteiger partial charge in [0.15, 0.2) is 0 Å². The van der Waals surface area contributed by atoms with Gasteiger partial charge in [-0.15, -0.1) is 0 Å². The SMILES string of the molecule is O=C(CCN1C(=O)c2cccc([N+](=O)[O-])c2C1=O)OC(C(=O)Nc1ccc(Cl)c(C(F)(F)F)c1)c1ccccc1. The maximum Gasteiger partial charge on any atom is 0.417 e. The summed E-state index contributed by atoms with van der Waals surface area (Å²) in [5.41, 5.74) is -2.39. The van der Waals surface area contributed by atoms with Crippen LogP contribution in [0.3, 0.4) is 0 Å². The third-order valence-corrected chi connectivity index (χ3v) is 6.17. The molecule has 1 atom stereocenters. The molecule has 1 aliphatic rings. The second-order valence-electron chi connectivity index (χ2n) is 8.43. The van der Waals surface area contributed by atoms with Crippen molar-refractivity contribution in [3.8, 4) is 0 Å². The molecule has 1 aliphatic heterocycles. The molecule has 0 saturated carbocycles. The number of hydrogen-bond donors (Lipinski definition) is 1. The fourth-order valence-electron chi connectivity index (χ4n) is 3.99. The highest BCUT2D eigenvalue weighted by atomic mass is 35.5. The number of nitrogens with one attached hydrogen (secondary N) is 1. The van der Waals surface area contributed by atoms with Crippen molar-refractivity contribution >= 4 is 46.7 Å². The van der Waals surface area contributed by atoms with E-state index >= 15 is 0 Å². The van der Waals surface area contributed by atoms with Crippen LogP contribution < -0.4 is 5.32 Å². The molecular weight excluding hydrogens is 559 g/mol. The molecule has 10 nitrogen and oxygen atoms in total. The van der Waals surface area contributed by atoms with Gasteiger partial charge < -0.3 is 10.1 Å². The zero-order valence-corrected chi connectivity index (χ0v) is 20.9. The number of imide groups is 1. The smallest absolute Gasteiger partial charge is 0.417 e. The lowest BCUT2D eigenvalue weighted by Gasteiger charge is -2.20. The molecule has 0 aromatic heterocycles. The number of ether oxygens (including phenoxy) is 1. The molecule has 40 heavy (non-hydrogen) atoms. The number of fused-ring (bicyclic) bond motifs is 1. The number of nitro groups is 1. The van der Waals surface area contributed by atoms with Crippen LogP contribution in [0.15, 0.2) is 66.7 Å². The molecule has 1 heterocycles. The zero-order valence-electron chi connectivity index (χ0n) is 20.1. The Kier molecular flexibility index (Phi) is 7.86. The molecule has 0 saturated heterocycles. The van der Waals surface area contributed by atoms with Crippen LogP contribution in [0.2, 0.25) is 5.02 Å². The first-order valence-corrected chi connectivity index (χ1v) is 11.8. The van der Waals surface area contributed by atoms with Crippen LogP contribution in [0.1, 0.15) is 44.4 Å². The van der Waals surface area contributed by atoms with Gasteiger partial charge in [-0.05, 0) is 24.3 Å². The minimum Gasteiger partial charge on any atom is -0.447 e. The second kappa shape index (κ2) is 11.1. The Hall–Kier alpha value is -4.78. The van der Waals surface area contributed by atoms with Crippen LogP contribution in [0, 0.1) is 10.1 Å². The van der Waals surface area contributed by atoms with E-state index in [4.69, 9.17) is 16.3 Å². The number of nitro benzene ring substituents is 1. The monoisotopic (exact) mass is 575 g/mol. The van der Waals surface area contributed by atoms with Gasteiger partial charge in [0, 0.05) is 23.9 Å². The molecule has 0 bridgehead atoms. The Bertz CT molecular complexity index is 1530. The highest BCUT2D eigenvalue weighted by Crippen LogP contribution is 2.36. The number of nitrogens with zero attached hydrogens (tertiary/aromatic N) is 2. The van der Waals surface area contributed by atoms with Crippen molar-refractivity contribution in [2.24, 2.45) is 0 Å². The fourth-order valence-corrected chi connectivity index (χ4v) is 4.22. The minimum atomic E-state index is -4.78. The van der Waals surface area contributed by atoms with Crippen LogP contribution >= 0.6 is 11.6 Å². The largest absolute Gasteiger partial charge is 0.447 e. The number of esters is 1. The summed E-state index contributed by atoms with van der Waals surface area (Å²) in [6, 6.07) is 13.9. The van der Waals surface area contributed by atoms with Crippen molar-refractivity contribution in [3.63, 3.8) is 0 Å². The standard InChI is InChI=1S/C26H17ClF3N3O7/c27-18-10-9-15(13-17(18)26(28,29)30)31-23(35)22(14-5-2-1-3-6-14)40-20(34)11-12-32-24(36)16-7-4-8-19(33(38)39)21(16)25(32)37/h1-10,13,22H,11-12H2,(H,31,35). The number of amides is 3. The summed E-state index contributed by atoms with van der Waals surface area (Å²) in [6.07, 6.45) is -6.97. The predicted molar refractivity (Wildman–Crippen MR) is 133 cm³/mol. The van der Waals surface area contributed by atoms with E-state index in [1.165, 1.54) is 24.3 Å². The lowest BCUT2D eigenvalue weighted by Crippen LogP contribution is -2.33. The number of carbonyl (C=O) groups excluding carboxylic acids is 4. The van der Waals surface area contributed by atoms with Crippen LogP contribution in [0.4, 0.5) is 24.5 Å². The van der Waals surface area contributed by atoms with E-state index in [-0.39, 0.29) is 16.8 Å². The van der Waals surface area contributed by atoms with Crippen molar-refractivity contribution in [1.82, 2.24) is 4.90 Å². The van der Waals surface area contributed by atoms with E-state index < -0.39 is 75.7 Å². The maximum atomic E-state index is 13.2. The van der Waals surface area contributed by atoms with Crippen molar-refractivity contribution in [2.75, 3.05) is 11.9 Å². The molecule has 3 aromatic rings. The van der Waals surface area contributed by atoms with Crippen LogP contribution in [0.25, 0.3) is 0 Å². The summed E-state index contributed by atoms with van der Waals surface area (Å²) in [5.74, 6) is -3.80. The number of anilines is 1. The fraction of sp³-hybridized carbons (Fsp3) is 0.154. The summed E-state index contributed by atoms with van der Waals surface area (Å²) >= 11 is 5.62. The Morgan fingerprint density at radius 3 is 2.38 bits per heavy atom. The van der Waals surface area contributed by atoms with Gasteiger partial charge in [0.25, 0.3) is 23.4 Å². The van der Waals surface area contributed by atoms with E-state index in [1.807, 2.05) is 0 Å². The Balaban J connectivity index is 1.49. The van der Waals surface area contributed by atoms with Gasteiger partial charge in [-0.3, -0.25) is 34.2 Å². The third kappa shape index (κ3) is 5.78. The van der Waals surface area contributed by atoms with Gasteiger partial charge >= 0.3 is 12.1 Å². The van der Waals surface area contributed by atoms with Crippen molar-refractivity contribution < 1.29 is 42.0 Å². The molecule has 0 radical (unpaired) electrons. The molecule has 14 heteroatoms. The van der Waals surface area contributed by atoms with Crippen molar-refractivity contribution in [2.45, 2.75) is 18.7 Å². The zero-order chi connectivity index (χ0) is 29.2. The summed E-state index contributed by atoms with van der Waals surface area (Å²) in [4.78, 5) is 62.2. The van der Waals surface area contributed by atoms with E-state index in [9.17, 15) is 42.5 Å². The van der Waals surface area contributed by atoms with Gasteiger partial charge in [-0.1, -0.05) is 48.0 Å². The molecule has 1 N–H and O–H groups in total. The molecule has 206 valence electrons. The third-order valence-electron chi connectivity index (χ3n) is 5.84. The van der Waals surface area contributed by atoms with Crippen molar-refractivity contribution in [1.29, 1.82) is 0 Å². The van der Waals surface area contributed by atoms with Gasteiger partial charge in [0.1, 0.15) is 5.56 Å². The number of hydrogen-bond acceptors (Lipinski definition) is 7. The van der Waals surface area contributed by atoms with E-state index in [0.29, 0.717) is 11.0 Å². The first-order valence-electron chi connectivity index (χ1n) is 11.4. The predicted octanol–water partition coefficient (Wildman–Crippen LogP) is 5.18. The summed E-state index contributed by atoms with van der Waals surface area (Å²) in [5, 5.41) is 13.0. The Morgan fingerprint density at radius 1 is 1.02 bits per heavy atom. The quantitative estimate of drug-likeness (QED) is 0.169. The van der Waals surface area contributed by atoms with Gasteiger partial charge in [0.05, 0.1) is 27.5 Å². The van der Waals surface area contributed by atoms with Gasteiger partial charge in [0.2, 0.25) is 6.10 Å². The first kappa shape index (κ1) is 28.2. The summed E-state index contributed by atoms with van der Waals surface area (Å²) in [7, 11) is 0. The van der Waals surface area contributed by atoms with Crippen molar-refractivity contribution in [3.05, 3.63) is 104 Å². The number of alkyl halides is 3. The lowest BCUT2D eigenvalue weighted by atomic mass is 10.1. The number of halogens is 4. The number of rotatable bonds is 8. The molecule has 0 spiro atoms. The summed E-state index contributed by atoms with van der Waals surface area (Å²) in [6.45, 7) is -0.502. The average Bonchev–Trinajstić information content (AvgIpc) is 3.16. The molecule has 0 aliphatic carbocycles. The molecular formula is C26H17ClF3N3O7. The normalized spacial score (nSPS) is 13.6. The topological polar surface area (TPSA) is 136 Å². The van der Waals surface area contributed by atoms with Gasteiger partial charge in [-0.25, -0.2) is 0 Å². The number of carbonyl (C=O) groups is 4. The second-order valence-corrected chi connectivity index (χ2v) is 8.84.